The van der Waals surface area contributed by atoms with Crippen LogP contribution in [0.3, 0.4) is 0 Å². The van der Waals surface area contributed by atoms with Crippen LogP contribution in [0.4, 0.5) is 0 Å². The molecular formula is C23H16ClN3O2. The van der Waals surface area contributed by atoms with Gasteiger partial charge >= 0.3 is 5.84 Å². The molecule has 0 fully saturated rings. The first kappa shape index (κ1) is 17.5. The van der Waals surface area contributed by atoms with E-state index in [1.807, 2.05) is 53.1 Å². The summed E-state index contributed by atoms with van der Waals surface area (Å²) in [5.41, 5.74) is 3.42. The Morgan fingerprint density at radius 3 is 2.76 bits per heavy atom. The summed E-state index contributed by atoms with van der Waals surface area (Å²) in [6.45, 7) is 0.287. The third-order valence-corrected chi connectivity index (χ3v) is 5.12. The van der Waals surface area contributed by atoms with Crippen molar-refractivity contribution in [3.63, 3.8) is 0 Å². The number of aromatic nitrogens is 2. The highest BCUT2D eigenvalue weighted by Gasteiger charge is 2.15. The molecule has 5 rings (SSSR count). The number of nitrogens with zero attached hydrogens (tertiary/aromatic N) is 3. The lowest BCUT2D eigenvalue weighted by Crippen LogP contribution is -1.94. The number of hydrogen-bond acceptors (Lipinski definition) is 4. The lowest BCUT2D eigenvalue weighted by atomic mass is 10.0. The van der Waals surface area contributed by atoms with Gasteiger partial charge in [0, 0.05) is 22.3 Å². The Balaban J connectivity index is 1.48. The van der Waals surface area contributed by atoms with Gasteiger partial charge in [-0.05, 0) is 22.9 Å². The SMILES string of the molecule is Clc1ccccc1CO/N=C/c1c(-c2ccc3ccccc3c2)nc2occn12. The van der Waals surface area contributed by atoms with Crippen molar-refractivity contribution in [3.8, 4) is 11.3 Å². The van der Waals surface area contributed by atoms with Gasteiger partial charge in [-0.25, -0.2) is 0 Å². The molecule has 5 nitrogen and oxygen atoms in total. The summed E-state index contributed by atoms with van der Waals surface area (Å²) in [6, 6.07) is 22.0. The highest BCUT2D eigenvalue weighted by atomic mass is 35.5. The summed E-state index contributed by atoms with van der Waals surface area (Å²) >= 11 is 6.16. The minimum Gasteiger partial charge on any atom is -0.432 e. The zero-order chi connectivity index (χ0) is 19.6. The molecule has 0 N–H and O–H groups in total. The van der Waals surface area contributed by atoms with Gasteiger partial charge in [0.1, 0.15) is 18.6 Å². The monoisotopic (exact) mass is 401 g/mol. The highest BCUT2D eigenvalue weighted by Crippen LogP contribution is 2.27. The molecule has 0 saturated heterocycles. The number of imidazole rings is 1. The van der Waals surface area contributed by atoms with E-state index in [9.17, 15) is 0 Å². The molecule has 0 saturated carbocycles. The quantitative estimate of drug-likeness (QED) is 0.270. The average Bonchev–Trinajstić information content (AvgIpc) is 3.34. The normalized spacial score (nSPS) is 11.6. The van der Waals surface area contributed by atoms with Gasteiger partial charge in [0.05, 0.1) is 11.9 Å². The minimum absolute atomic E-state index is 0.287. The third-order valence-electron chi connectivity index (χ3n) is 4.75. The van der Waals surface area contributed by atoms with Gasteiger partial charge in [0.2, 0.25) is 0 Å². The molecule has 0 aliphatic carbocycles. The molecule has 29 heavy (non-hydrogen) atoms. The molecule has 5 aromatic rings. The van der Waals surface area contributed by atoms with Gasteiger partial charge in [-0.1, -0.05) is 71.4 Å². The molecule has 0 atom stereocenters. The maximum absolute atomic E-state index is 6.16. The molecule has 6 heteroatoms. The summed E-state index contributed by atoms with van der Waals surface area (Å²) in [5, 5.41) is 7.12. The topological polar surface area (TPSA) is 52.0 Å². The van der Waals surface area contributed by atoms with E-state index in [4.69, 9.17) is 20.9 Å². The van der Waals surface area contributed by atoms with E-state index in [1.54, 1.807) is 12.5 Å². The maximum Gasteiger partial charge on any atom is 0.306 e. The molecule has 3 aromatic carbocycles. The van der Waals surface area contributed by atoms with Crippen molar-refractivity contribution in [1.82, 2.24) is 9.38 Å². The Labute approximate surface area is 171 Å². The smallest absolute Gasteiger partial charge is 0.306 e. The Kier molecular flexibility index (Phi) is 4.50. The van der Waals surface area contributed by atoms with Crippen LogP contribution >= 0.6 is 11.6 Å². The van der Waals surface area contributed by atoms with Gasteiger partial charge in [0.15, 0.2) is 0 Å². The number of oxazole rings is 1. The summed E-state index contributed by atoms with van der Waals surface area (Å²) in [6.07, 6.45) is 5.05. The molecular weight excluding hydrogens is 386 g/mol. The van der Waals surface area contributed by atoms with Crippen molar-refractivity contribution < 1.29 is 9.25 Å². The van der Waals surface area contributed by atoms with Crippen molar-refractivity contribution in [3.05, 3.63) is 95.5 Å². The first-order valence-corrected chi connectivity index (χ1v) is 9.51. The fourth-order valence-electron chi connectivity index (χ4n) is 3.29. The van der Waals surface area contributed by atoms with Crippen LogP contribution in [0.25, 0.3) is 27.9 Å². The van der Waals surface area contributed by atoms with E-state index in [-0.39, 0.29) is 6.61 Å². The van der Waals surface area contributed by atoms with Crippen LogP contribution in [-0.4, -0.2) is 15.6 Å². The number of halogens is 1. The molecule has 0 radical (unpaired) electrons. The van der Waals surface area contributed by atoms with Gasteiger partial charge in [-0.2, -0.15) is 4.98 Å². The van der Waals surface area contributed by atoms with Crippen LogP contribution in [0.5, 0.6) is 0 Å². The fraction of sp³-hybridized carbons (Fsp3) is 0.0435. The van der Waals surface area contributed by atoms with Crippen LogP contribution in [0.1, 0.15) is 11.3 Å². The van der Waals surface area contributed by atoms with Crippen LogP contribution in [0, 0.1) is 0 Å². The Morgan fingerprint density at radius 1 is 1.03 bits per heavy atom. The lowest BCUT2D eigenvalue weighted by molar-refractivity contribution is 0.132. The van der Waals surface area contributed by atoms with Crippen LogP contribution in [0.15, 0.2) is 88.8 Å². The minimum atomic E-state index is 0.287. The van der Waals surface area contributed by atoms with Crippen molar-refractivity contribution in [2.75, 3.05) is 0 Å². The largest absolute Gasteiger partial charge is 0.432 e. The van der Waals surface area contributed by atoms with E-state index >= 15 is 0 Å². The second-order valence-electron chi connectivity index (χ2n) is 6.56. The molecule has 0 amide bonds. The predicted molar refractivity (Wildman–Crippen MR) is 114 cm³/mol. The second-order valence-corrected chi connectivity index (χ2v) is 6.97. The molecule has 2 heterocycles. The molecule has 2 aromatic heterocycles. The Bertz CT molecular complexity index is 1340. The van der Waals surface area contributed by atoms with E-state index < -0.39 is 0 Å². The summed E-state index contributed by atoms with van der Waals surface area (Å²) in [7, 11) is 0. The number of hydrogen-bond donors (Lipinski definition) is 0. The van der Waals surface area contributed by atoms with Gasteiger partial charge in [0.25, 0.3) is 0 Å². The summed E-state index contributed by atoms with van der Waals surface area (Å²) in [4.78, 5) is 10.1. The van der Waals surface area contributed by atoms with Crippen molar-refractivity contribution in [1.29, 1.82) is 0 Å². The average molecular weight is 402 g/mol. The molecule has 0 unspecified atom stereocenters. The number of benzene rings is 3. The number of rotatable bonds is 5. The first-order chi connectivity index (χ1) is 14.3. The molecule has 0 aliphatic heterocycles. The molecule has 142 valence electrons. The third kappa shape index (κ3) is 3.37. The molecule has 0 bridgehead atoms. The van der Waals surface area contributed by atoms with Crippen molar-refractivity contribution >= 4 is 34.4 Å². The summed E-state index contributed by atoms with van der Waals surface area (Å²) in [5.74, 6) is 0.501. The van der Waals surface area contributed by atoms with E-state index in [1.165, 1.54) is 5.39 Å². The van der Waals surface area contributed by atoms with Crippen molar-refractivity contribution in [2.45, 2.75) is 6.61 Å². The summed E-state index contributed by atoms with van der Waals surface area (Å²) < 4.78 is 7.31. The number of oxime groups is 1. The van der Waals surface area contributed by atoms with Gasteiger partial charge in [-0.15, -0.1) is 0 Å². The first-order valence-electron chi connectivity index (χ1n) is 9.13. The molecule has 0 spiro atoms. The van der Waals surface area contributed by atoms with Gasteiger partial charge in [-0.3, -0.25) is 4.40 Å². The van der Waals surface area contributed by atoms with Crippen LogP contribution in [-0.2, 0) is 11.4 Å². The van der Waals surface area contributed by atoms with Crippen LogP contribution < -0.4 is 0 Å². The van der Waals surface area contributed by atoms with Crippen LogP contribution in [0.2, 0.25) is 5.02 Å². The van der Waals surface area contributed by atoms with Gasteiger partial charge < -0.3 is 9.25 Å². The van der Waals surface area contributed by atoms with Crippen molar-refractivity contribution in [2.24, 2.45) is 5.16 Å². The zero-order valence-electron chi connectivity index (χ0n) is 15.3. The molecule has 0 aliphatic rings. The van der Waals surface area contributed by atoms with E-state index in [0.717, 1.165) is 27.9 Å². The highest BCUT2D eigenvalue weighted by molar-refractivity contribution is 6.31. The number of fused-ring (bicyclic) bond motifs is 2. The van der Waals surface area contributed by atoms with E-state index in [2.05, 4.69) is 34.4 Å². The second kappa shape index (κ2) is 7.45. The lowest BCUT2D eigenvalue weighted by Gasteiger charge is -2.04. The predicted octanol–water partition coefficient (Wildman–Crippen LogP) is 5.95. The Morgan fingerprint density at radius 2 is 1.86 bits per heavy atom. The Hall–Kier alpha value is -3.57. The fourth-order valence-corrected chi connectivity index (χ4v) is 3.48. The standard InChI is InChI=1S/C23H16ClN3O2/c24-20-8-4-3-7-19(20)15-29-25-14-21-22(26-23-27(21)11-12-28-23)18-10-9-16-5-1-2-6-17(16)13-18/h1-14H,15H2/b25-14+. The zero-order valence-corrected chi connectivity index (χ0v) is 16.1. The van der Waals surface area contributed by atoms with E-state index in [0.29, 0.717) is 10.9 Å². The maximum atomic E-state index is 6.16.